The Morgan fingerprint density at radius 1 is 0.297 bits per heavy atom. The molecule has 0 aromatic heterocycles. The van der Waals surface area contributed by atoms with Crippen LogP contribution in [0.15, 0.2) is 0 Å². The first-order valence-corrected chi connectivity index (χ1v) is 17.0. The van der Waals surface area contributed by atoms with Crippen LogP contribution in [0.2, 0.25) is 0 Å². The Bertz CT molecular complexity index is 480. The summed E-state index contributed by atoms with van der Waals surface area (Å²) >= 11 is 0. The van der Waals surface area contributed by atoms with E-state index in [-0.39, 0.29) is 0 Å². The lowest BCUT2D eigenvalue weighted by Crippen LogP contribution is -1.83. The Kier molecular flexibility index (Phi) is 33.9. The highest BCUT2D eigenvalue weighted by atomic mass is 16.5. The molecule has 0 saturated heterocycles. The van der Waals surface area contributed by atoms with Crippen molar-refractivity contribution in [2.24, 2.45) is 0 Å². The normalized spacial score (nSPS) is 10.5. The molecular weight excluding hydrogens is 448 g/mol. The van der Waals surface area contributed by atoms with E-state index in [9.17, 15) is 0 Å². The molecule has 37 heavy (non-hydrogen) atoms. The summed E-state index contributed by atoms with van der Waals surface area (Å²) in [5, 5.41) is 0. The Morgan fingerprint density at radius 2 is 0.514 bits per heavy atom. The number of hydrogen-bond donors (Lipinski definition) is 0. The Hall–Kier alpha value is -1.08. The molecule has 0 fully saturated rings. The maximum absolute atomic E-state index is 5.15. The predicted octanol–water partition coefficient (Wildman–Crippen LogP) is 12.7. The molecule has 0 N–H and O–H groups in total. The van der Waals surface area contributed by atoms with Crippen molar-refractivity contribution in [1.82, 2.24) is 0 Å². The molecule has 0 amide bonds. The van der Waals surface area contributed by atoms with Crippen LogP contribution in [0.3, 0.4) is 0 Å². The van der Waals surface area contributed by atoms with E-state index in [0.29, 0.717) is 0 Å². The number of rotatable bonds is 28. The fourth-order valence-corrected chi connectivity index (χ4v) is 5.02. The molecule has 0 aromatic carbocycles. The van der Waals surface area contributed by atoms with Gasteiger partial charge in [0, 0.05) is 12.8 Å². The minimum atomic E-state index is 0.943. The highest BCUT2D eigenvalue weighted by molar-refractivity contribution is 4.98. The first-order chi connectivity index (χ1) is 18.4. The summed E-state index contributed by atoms with van der Waals surface area (Å²) in [6, 6.07) is 0. The Labute approximate surface area is 235 Å². The Balaban J connectivity index is 3.19. The third kappa shape index (κ3) is 34.9. The number of unbranched alkanes of at least 4 members (excludes halogenated alkanes) is 28. The van der Waals surface area contributed by atoms with Crippen LogP contribution in [0.5, 0.6) is 0 Å². The molecule has 0 unspecified atom stereocenters. The first kappa shape index (κ1) is 35.9. The fraction of sp³-hybridized carbons (Fsp3) is 0.889. The van der Waals surface area contributed by atoms with E-state index in [1.165, 1.54) is 180 Å². The molecule has 0 aliphatic rings. The molecule has 0 aromatic rings. The van der Waals surface area contributed by atoms with E-state index >= 15 is 0 Å². The van der Waals surface area contributed by atoms with Gasteiger partial charge in [0.05, 0.1) is 0 Å². The first-order valence-electron chi connectivity index (χ1n) is 17.0. The molecule has 0 radical (unpaired) electrons. The van der Waals surface area contributed by atoms with Crippen LogP contribution in [-0.2, 0) is 4.74 Å². The zero-order valence-corrected chi connectivity index (χ0v) is 25.6. The van der Waals surface area contributed by atoms with E-state index < -0.39 is 0 Å². The topological polar surface area (TPSA) is 9.23 Å². The predicted molar refractivity (Wildman–Crippen MR) is 166 cm³/mol. The largest absolute Gasteiger partial charge is 0.357 e. The second kappa shape index (κ2) is 34.9. The SMILES string of the molecule is CCCCCCCCCCCCCCCCC#COC#CCCCCCCCCCCCCCCCC. The quantitative estimate of drug-likeness (QED) is 0.0745. The molecule has 0 aliphatic carbocycles. The van der Waals surface area contributed by atoms with Crippen LogP contribution in [0.25, 0.3) is 0 Å². The third-order valence-corrected chi connectivity index (χ3v) is 7.56. The zero-order valence-electron chi connectivity index (χ0n) is 25.6. The van der Waals surface area contributed by atoms with Crippen LogP contribution in [0.4, 0.5) is 0 Å². The van der Waals surface area contributed by atoms with E-state index in [4.69, 9.17) is 4.74 Å². The second-order valence-electron chi connectivity index (χ2n) is 11.4. The molecule has 0 rings (SSSR count). The summed E-state index contributed by atoms with van der Waals surface area (Å²) < 4.78 is 5.15. The van der Waals surface area contributed by atoms with Gasteiger partial charge in [0.2, 0.25) is 0 Å². The van der Waals surface area contributed by atoms with Crippen LogP contribution < -0.4 is 0 Å². The lowest BCUT2D eigenvalue weighted by atomic mass is 10.0. The third-order valence-electron chi connectivity index (χ3n) is 7.56. The molecule has 1 heteroatoms. The lowest BCUT2D eigenvalue weighted by Gasteiger charge is -2.02. The van der Waals surface area contributed by atoms with Gasteiger partial charge in [-0.05, 0) is 12.8 Å². The van der Waals surface area contributed by atoms with Gasteiger partial charge in [-0.1, -0.05) is 193 Å². The van der Waals surface area contributed by atoms with Crippen LogP contribution >= 0.6 is 0 Å². The average Bonchev–Trinajstić information content (AvgIpc) is 2.91. The van der Waals surface area contributed by atoms with E-state index in [2.05, 4.69) is 37.9 Å². The van der Waals surface area contributed by atoms with Crippen molar-refractivity contribution in [3.05, 3.63) is 0 Å². The van der Waals surface area contributed by atoms with Gasteiger partial charge >= 0.3 is 0 Å². The number of hydrogen-bond acceptors (Lipinski definition) is 1. The minimum absolute atomic E-state index is 0.943. The maximum Gasteiger partial charge on any atom is 0.129 e. The van der Waals surface area contributed by atoms with Gasteiger partial charge in [-0.15, -0.1) is 0 Å². The molecule has 0 heterocycles. The van der Waals surface area contributed by atoms with Gasteiger partial charge in [0.15, 0.2) is 0 Å². The summed E-state index contributed by atoms with van der Waals surface area (Å²) in [6.07, 6.45) is 46.5. The van der Waals surface area contributed by atoms with Gasteiger partial charge < -0.3 is 4.74 Å². The van der Waals surface area contributed by atoms with Crippen molar-refractivity contribution in [1.29, 1.82) is 0 Å². The number of ether oxygens (including phenoxy) is 1. The standard InChI is InChI=1S/C36H66O/c1-3-5-7-9-11-13-15-17-19-21-23-25-27-29-31-33-35-37-36-34-32-30-28-26-24-22-20-18-16-14-12-10-8-6-4-2/h3-32H2,1-2H3. The minimum Gasteiger partial charge on any atom is -0.357 e. The van der Waals surface area contributed by atoms with Crippen molar-refractivity contribution in [2.45, 2.75) is 206 Å². The van der Waals surface area contributed by atoms with Crippen molar-refractivity contribution < 1.29 is 4.74 Å². The molecule has 0 saturated carbocycles. The van der Waals surface area contributed by atoms with Crippen molar-refractivity contribution in [3.8, 4) is 24.1 Å². The molecule has 0 aliphatic heterocycles. The Morgan fingerprint density at radius 3 is 0.757 bits per heavy atom. The summed E-state index contributed by atoms with van der Waals surface area (Å²) in [5.41, 5.74) is 0. The zero-order chi connectivity index (χ0) is 26.7. The van der Waals surface area contributed by atoms with Crippen molar-refractivity contribution >= 4 is 0 Å². The van der Waals surface area contributed by atoms with Crippen LogP contribution in [0, 0.1) is 24.1 Å². The van der Waals surface area contributed by atoms with Gasteiger partial charge in [0.1, 0.15) is 12.2 Å². The van der Waals surface area contributed by atoms with Gasteiger partial charge in [-0.25, -0.2) is 0 Å². The molecule has 0 bridgehead atoms. The highest BCUT2D eigenvalue weighted by Crippen LogP contribution is 2.14. The summed E-state index contributed by atoms with van der Waals surface area (Å²) in [7, 11) is 0. The van der Waals surface area contributed by atoms with Crippen molar-refractivity contribution in [2.75, 3.05) is 0 Å². The fourth-order valence-electron chi connectivity index (χ4n) is 5.02. The summed E-state index contributed by atoms with van der Waals surface area (Å²) in [4.78, 5) is 0. The van der Waals surface area contributed by atoms with Crippen LogP contribution in [0.1, 0.15) is 206 Å². The highest BCUT2D eigenvalue weighted by Gasteiger charge is 1.95. The molecule has 0 atom stereocenters. The van der Waals surface area contributed by atoms with Gasteiger partial charge in [-0.2, -0.15) is 0 Å². The second-order valence-corrected chi connectivity index (χ2v) is 11.4. The van der Waals surface area contributed by atoms with Crippen LogP contribution in [-0.4, -0.2) is 0 Å². The monoisotopic (exact) mass is 515 g/mol. The van der Waals surface area contributed by atoms with Gasteiger partial charge in [-0.3, -0.25) is 0 Å². The van der Waals surface area contributed by atoms with Gasteiger partial charge in [0.25, 0.3) is 0 Å². The van der Waals surface area contributed by atoms with E-state index in [1.54, 1.807) is 0 Å². The molecule has 216 valence electrons. The molecular formula is C36H66O. The summed E-state index contributed by atoms with van der Waals surface area (Å²) in [6.45, 7) is 4.58. The van der Waals surface area contributed by atoms with Crippen molar-refractivity contribution in [3.63, 3.8) is 0 Å². The maximum atomic E-state index is 5.15. The van der Waals surface area contributed by atoms with E-state index in [1.807, 2.05) is 0 Å². The lowest BCUT2D eigenvalue weighted by molar-refractivity contribution is 0.476. The molecule has 0 spiro atoms. The summed E-state index contributed by atoms with van der Waals surface area (Å²) in [5.74, 6) is 6.22. The smallest absolute Gasteiger partial charge is 0.129 e. The van der Waals surface area contributed by atoms with E-state index in [0.717, 1.165) is 12.8 Å². The molecule has 1 nitrogen and oxygen atoms in total. The average molecular weight is 515 g/mol.